The Morgan fingerprint density at radius 2 is 2.00 bits per heavy atom. The molecule has 0 aromatic heterocycles. The normalized spacial score (nSPS) is 17.6. The molecule has 0 saturated carbocycles. The van der Waals surface area contributed by atoms with Gasteiger partial charge in [0.1, 0.15) is 0 Å². The van der Waals surface area contributed by atoms with E-state index in [1.54, 1.807) is 0 Å². The van der Waals surface area contributed by atoms with Crippen molar-refractivity contribution in [2.75, 3.05) is 19.8 Å². The topological polar surface area (TPSA) is 38.3 Å². The first kappa shape index (κ1) is 11.1. The molecule has 0 radical (unpaired) electrons. The van der Waals surface area contributed by atoms with Gasteiger partial charge in [0.05, 0.1) is 13.2 Å². The fourth-order valence-electron chi connectivity index (χ4n) is 1.65. The lowest BCUT2D eigenvalue weighted by Gasteiger charge is -2.38. The van der Waals surface area contributed by atoms with Crippen molar-refractivity contribution in [2.45, 2.75) is 13.8 Å². The van der Waals surface area contributed by atoms with E-state index in [1.165, 1.54) is 0 Å². The van der Waals surface area contributed by atoms with Gasteiger partial charge in [0, 0.05) is 17.5 Å². The maximum Gasteiger partial charge on any atom is 0.251 e. The molecule has 2 rings (SSSR count). The lowest BCUT2D eigenvalue weighted by Crippen LogP contribution is -2.48. The predicted molar refractivity (Wildman–Crippen MR) is 62.4 cm³/mol. The number of benzene rings is 1. The molecule has 1 N–H and O–H groups in total. The van der Waals surface area contributed by atoms with Crippen LogP contribution < -0.4 is 5.32 Å². The minimum Gasteiger partial charge on any atom is -0.380 e. The van der Waals surface area contributed by atoms with E-state index in [2.05, 4.69) is 12.2 Å². The Hall–Kier alpha value is -1.35. The molecule has 1 aliphatic rings. The number of nitrogens with one attached hydrogen (secondary N) is 1. The summed E-state index contributed by atoms with van der Waals surface area (Å²) >= 11 is 0. The summed E-state index contributed by atoms with van der Waals surface area (Å²) in [6, 6.07) is 7.60. The Kier molecular flexibility index (Phi) is 2.97. The first-order valence-corrected chi connectivity index (χ1v) is 5.52. The third-order valence-electron chi connectivity index (χ3n) is 2.89. The van der Waals surface area contributed by atoms with Crippen molar-refractivity contribution in [1.82, 2.24) is 5.32 Å². The van der Waals surface area contributed by atoms with Gasteiger partial charge in [-0.1, -0.05) is 24.6 Å². The van der Waals surface area contributed by atoms with Crippen LogP contribution in [0, 0.1) is 12.3 Å². The molecular weight excluding hydrogens is 202 g/mol. The smallest absolute Gasteiger partial charge is 0.251 e. The maximum atomic E-state index is 11.8. The van der Waals surface area contributed by atoms with E-state index in [0.29, 0.717) is 6.54 Å². The SMILES string of the molecule is Cc1ccc(C(=O)NCC2(C)COC2)cc1. The summed E-state index contributed by atoms with van der Waals surface area (Å²) < 4.78 is 5.14. The summed E-state index contributed by atoms with van der Waals surface area (Å²) in [5.74, 6) is -0.00637. The van der Waals surface area contributed by atoms with Crippen molar-refractivity contribution in [3.63, 3.8) is 0 Å². The molecule has 1 heterocycles. The Morgan fingerprint density at radius 3 is 2.50 bits per heavy atom. The molecule has 0 atom stereocenters. The third-order valence-corrected chi connectivity index (χ3v) is 2.89. The van der Waals surface area contributed by atoms with Crippen LogP contribution in [-0.2, 0) is 4.74 Å². The van der Waals surface area contributed by atoms with E-state index < -0.39 is 0 Å². The molecule has 1 aliphatic heterocycles. The Balaban J connectivity index is 1.90. The van der Waals surface area contributed by atoms with Gasteiger partial charge < -0.3 is 10.1 Å². The van der Waals surface area contributed by atoms with Crippen LogP contribution in [0.3, 0.4) is 0 Å². The van der Waals surface area contributed by atoms with Gasteiger partial charge in [0.25, 0.3) is 5.91 Å². The quantitative estimate of drug-likeness (QED) is 0.841. The van der Waals surface area contributed by atoms with Crippen LogP contribution in [0.2, 0.25) is 0 Å². The molecule has 0 aliphatic carbocycles. The molecule has 0 unspecified atom stereocenters. The standard InChI is InChI=1S/C13H17NO2/c1-10-3-5-11(6-4-10)12(15)14-7-13(2)8-16-9-13/h3-6H,7-9H2,1-2H3,(H,14,15). The Bertz CT molecular complexity index is 379. The number of hydrogen-bond donors (Lipinski definition) is 1. The number of hydrogen-bond acceptors (Lipinski definition) is 2. The van der Waals surface area contributed by atoms with E-state index in [0.717, 1.165) is 24.3 Å². The average Bonchev–Trinajstić information content (AvgIpc) is 2.24. The summed E-state index contributed by atoms with van der Waals surface area (Å²) in [7, 11) is 0. The lowest BCUT2D eigenvalue weighted by atomic mass is 9.88. The van der Waals surface area contributed by atoms with Gasteiger partial charge in [-0.25, -0.2) is 0 Å². The highest BCUT2D eigenvalue weighted by molar-refractivity contribution is 5.94. The molecule has 1 saturated heterocycles. The fourth-order valence-corrected chi connectivity index (χ4v) is 1.65. The Labute approximate surface area is 95.8 Å². The molecule has 3 heteroatoms. The highest BCUT2D eigenvalue weighted by atomic mass is 16.5. The van der Waals surface area contributed by atoms with Crippen LogP contribution in [-0.4, -0.2) is 25.7 Å². The van der Waals surface area contributed by atoms with Crippen molar-refractivity contribution in [2.24, 2.45) is 5.41 Å². The summed E-state index contributed by atoms with van der Waals surface area (Å²) in [6.45, 7) is 6.28. The second-order valence-corrected chi connectivity index (χ2v) is 4.85. The summed E-state index contributed by atoms with van der Waals surface area (Å²) in [6.07, 6.45) is 0. The molecule has 16 heavy (non-hydrogen) atoms. The van der Waals surface area contributed by atoms with Crippen molar-refractivity contribution in [3.05, 3.63) is 35.4 Å². The van der Waals surface area contributed by atoms with E-state index in [1.807, 2.05) is 31.2 Å². The van der Waals surface area contributed by atoms with Crippen LogP contribution in [0.1, 0.15) is 22.8 Å². The van der Waals surface area contributed by atoms with E-state index >= 15 is 0 Å². The predicted octanol–water partition coefficient (Wildman–Crippen LogP) is 1.76. The highest BCUT2D eigenvalue weighted by Crippen LogP contribution is 2.25. The summed E-state index contributed by atoms with van der Waals surface area (Å²) in [5, 5.41) is 2.94. The van der Waals surface area contributed by atoms with Crippen LogP contribution in [0.25, 0.3) is 0 Å². The second-order valence-electron chi connectivity index (χ2n) is 4.85. The zero-order valence-electron chi connectivity index (χ0n) is 9.75. The Morgan fingerprint density at radius 1 is 1.38 bits per heavy atom. The van der Waals surface area contributed by atoms with E-state index in [-0.39, 0.29) is 11.3 Å². The van der Waals surface area contributed by atoms with Gasteiger partial charge in [-0.2, -0.15) is 0 Å². The van der Waals surface area contributed by atoms with Crippen molar-refractivity contribution in [1.29, 1.82) is 0 Å². The molecular formula is C13H17NO2. The monoisotopic (exact) mass is 219 g/mol. The van der Waals surface area contributed by atoms with Gasteiger partial charge in [-0.15, -0.1) is 0 Å². The zero-order chi connectivity index (χ0) is 11.6. The molecule has 1 aromatic rings. The second kappa shape index (κ2) is 4.26. The van der Waals surface area contributed by atoms with Crippen LogP contribution >= 0.6 is 0 Å². The number of amides is 1. The van der Waals surface area contributed by atoms with Gasteiger partial charge in [0.15, 0.2) is 0 Å². The molecule has 3 nitrogen and oxygen atoms in total. The van der Waals surface area contributed by atoms with Crippen LogP contribution in [0.4, 0.5) is 0 Å². The minimum absolute atomic E-state index is 0.00637. The number of carbonyl (C=O) groups excluding carboxylic acids is 1. The van der Waals surface area contributed by atoms with Crippen molar-refractivity contribution < 1.29 is 9.53 Å². The molecule has 1 aromatic carbocycles. The summed E-state index contributed by atoms with van der Waals surface area (Å²) in [4.78, 5) is 11.8. The third kappa shape index (κ3) is 2.42. The van der Waals surface area contributed by atoms with Crippen molar-refractivity contribution in [3.8, 4) is 0 Å². The number of carbonyl (C=O) groups is 1. The number of ether oxygens (including phenoxy) is 1. The average molecular weight is 219 g/mol. The van der Waals surface area contributed by atoms with Crippen LogP contribution in [0.15, 0.2) is 24.3 Å². The summed E-state index contributed by atoms with van der Waals surface area (Å²) in [5.41, 5.74) is 2.01. The molecule has 1 amide bonds. The first-order chi connectivity index (χ1) is 7.59. The van der Waals surface area contributed by atoms with Crippen molar-refractivity contribution >= 4 is 5.91 Å². The van der Waals surface area contributed by atoms with E-state index in [4.69, 9.17) is 4.74 Å². The molecule has 1 fully saturated rings. The van der Waals surface area contributed by atoms with Gasteiger partial charge in [0.2, 0.25) is 0 Å². The largest absolute Gasteiger partial charge is 0.380 e. The van der Waals surface area contributed by atoms with Crippen LogP contribution in [0.5, 0.6) is 0 Å². The molecule has 0 spiro atoms. The number of aryl methyl sites for hydroxylation is 1. The highest BCUT2D eigenvalue weighted by Gasteiger charge is 2.33. The molecule has 0 bridgehead atoms. The first-order valence-electron chi connectivity index (χ1n) is 5.52. The minimum atomic E-state index is -0.00637. The maximum absolute atomic E-state index is 11.8. The van der Waals surface area contributed by atoms with E-state index in [9.17, 15) is 4.79 Å². The number of rotatable bonds is 3. The van der Waals surface area contributed by atoms with Gasteiger partial charge in [-0.05, 0) is 19.1 Å². The fraction of sp³-hybridized carbons (Fsp3) is 0.462. The van der Waals surface area contributed by atoms with Gasteiger partial charge in [-0.3, -0.25) is 4.79 Å². The zero-order valence-corrected chi connectivity index (χ0v) is 9.75. The van der Waals surface area contributed by atoms with Gasteiger partial charge >= 0.3 is 0 Å². The lowest BCUT2D eigenvalue weighted by molar-refractivity contribution is -0.0978. The molecule has 86 valence electrons.